The molecule has 0 saturated heterocycles. The summed E-state index contributed by atoms with van der Waals surface area (Å²) in [5.41, 5.74) is 1.16. The normalized spacial score (nSPS) is 11.5. The molecule has 0 saturated carbocycles. The third-order valence-corrected chi connectivity index (χ3v) is 3.09. The molecule has 0 amide bonds. The molecule has 3 nitrogen and oxygen atoms in total. The van der Waals surface area contributed by atoms with E-state index in [0.29, 0.717) is 11.8 Å². The zero-order valence-corrected chi connectivity index (χ0v) is 11.7. The van der Waals surface area contributed by atoms with Crippen molar-refractivity contribution in [3.05, 3.63) is 39.9 Å². The van der Waals surface area contributed by atoms with Gasteiger partial charge in [0.25, 0.3) is 5.69 Å². The maximum absolute atomic E-state index is 11.1. The first kappa shape index (κ1) is 14.7. The average molecular weight is 249 g/mol. The van der Waals surface area contributed by atoms with Gasteiger partial charge in [0.1, 0.15) is 0 Å². The van der Waals surface area contributed by atoms with Crippen LogP contribution >= 0.6 is 0 Å². The highest BCUT2D eigenvalue weighted by atomic mass is 16.6. The zero-order chi connectivity index (χ0) is 13.7. The lowest BCUT2D eigenvalue weighted by Gasteiger charge is -2.21. The summed E-state index contributed by atoms with van der Waals surface area (Å²) < 4.78 is 0. The van der Waals surface area contributed by atoms with Crippen molar-refractivity contribution >= 4 is 5.69 Å². The molecule has 0 aliphatic rings. The van der Waals surface area contributed by atoms with E-state index >= 15 is 0 Å². The fourth-order valence-electron chi connectivity index (χ4n) is 2.49. The van der Waals surface area contributed by atoms with Gasteiger partial charge in [-0.25, -0.2) is 0 Å². The zero-order valence-electron chi connectivity index (χ0n) is 11.7. The van der Waals surface area contributed by atoms with Crippen LogP contribution < -0.4 is 0 Å². The van der Waals surface area contributed by atoms with E-state index in [-0.39, 0.29) is 16.5 Å². The van der Waals surface area contributed by atoms with Crippen molar-refractivity contribution in [2.75, 3.05) is 0 Å². The highest BCUT2D eigenvalue weighted by Gasteiger charge is 2.23. The Morgan fingerprint density at radius 1 is 1.06 bits per heavy atom. The van der Waals surface area contributed by atoms with Gasteiger partial charge in [-0.3, -0.25) is 10.1 Å². The van der Waals surface area contributed by atoms with Gasteiger partial charge < -0.3 is 0 Å². The molecule has 18 heavy (non-hydrogen) atoms. The van der Waals surface area contributed by atoms with Crippen LogP contribution in [0.4, 0.5) is 5.69 Å². The number of nitro groups is 1. The van der Waals surface area contributed by atoms with Gasteiger partial charge in [0.05, 0.1) is 4.92 Å². The van der Waals surface area contributed by atoms with Crippen LogP contribution in [0.1, 0.15) is 52.0 Å². The number of hydrogen-bond acceptors (Lipinski definition) is 2. The van der Waals surface area contributed by atoms with E-state index in [1.807, 2.05) is 12.1 Å². The third kappa shape index (κ3) is 4.13. The Labute approximate surface area is 109 Å². The Hall–Kier alpha value is -1.38. The standard InChI is InChI=1S/C15H23NO2/c1-11(2)9-13(10-12(3)4)14-7-5-6-8-15(14)16(17)18/h5-8,11-13H,9-10H2,1-4H3. The molecule has 1 aromatic carbocycles. The number of benzene rings is 1. The Morgan fingerprint density at radius 2 is 1.56 bits per heavy atom. The second kappa shape index (κ2) is 6.53. The van der Waals surface area contributed by atoms with Crippen molar-refractivity contribution in [1.29, 1.82) is 0 Å². The molecule has 0 atom stereocenters. The predicted molar refractivity (Wildman–Crippen MR) is 74.7 cm³/mol. The van der Waals surface area contributed by atoms with E-state index in [2.05, 4.69) is 27.7 Å². The highest BCUT2D eigenvalue weighted by molar-refractivity contribution is 5.42. The van der Waals surface area contributed by atoms with Gasteiger partial charge in [-0.05, 0) is 30.6 Å². The Bertz CT molecular complexity index is 389. The monoisotopic (exact) mass is 249 g/mol. The second-order valence-electron chi connectivity index (χ2n) is 5.77. The fraction of sp³-hybridized carbons (Fsp3) is 0.600. The van der Waals surface area contributed by atoms with Gasteiger partial charge in [0.15, 0.2) is 0 Å². The number of nitrogens with zero attached hydrogens (tertiary/aromatic N) is 1. The average Bonchev–Trinajstić information content (AvgIpc) is 2.26. The Balaban J connectivity index is 3.07. The van der Waals surface area contributed by atoms with Gasteiger partial charge in [0, 0.05) is 11.6 Å². The van der Waals surface area contributed by atoms with E-state index in [1.165, 1.54) is 0 Å². The summed E-state index contributed by atoms with van der Waals surface area (Å²) in [5.74, 6) is 1.38. The quantitative estimate of drug-likeness (QED) is 0.538. The minimum absolute atomic E-state index is 0.261. The lowest BCUT2D eigenvalue weighted by Crippen LogP contribution is -2.09. The van der Waals surface area contributed by atoms with E-state index < -0.39 is 0 Å². The Morgan fingerprint density at radius 3 is 2.00 bits per heavy atom. The molecule has 0 spiro atoms. The van der Waals surface area contributed by atoms with E-state index in [1.54, 1.807) is 12.1 Å². The van der Waals surface area contributed by atoms with E-state index in [9.17, 15) is 10.1 Å². The maximum Gasteiger partial charge on any atom is 0.272 e. The minimum atomic E-state index is -0.261. The topological polar surface area (TPSA) is 43.1 Å². The predicted octanol–water partition coefficient (Wildman–Crippen LogP) is 4.77. The van der Waals surface area contributed by atoms with Gasteiger partial charge in [-0.2, -0.15) is 0 Å². The molecule has 0 aromatic heterocycles. The molecule has 0 fully saturated rings. The largest absolute Gasteiger partial charge is 0.272 e. The maximum atomic E-state index is 11.1. The lowest BCUT2D eigenvalue weighted by molar-refractivity contribution is -0.385. The van der Waals surface area contributed by atoms with Gasteiger partial charge in [0.2, 0.25) is 0 Å². The van der Waals surface area contributed by atoms with Crippen LogP contribution in [0.5, 0.6) is 0 Å². The molecule has 3 heteroatoms. The summed E-state index contributed by atoms with van der Waals surface area (Å²) in [6.45, 7) is 8.68. The number of nitro benzene ring substituents is 1. The van der Waals surface area contributed by atoms with Crippen molar-refractivity contribution in [2.45, 2.75) is 46.5 Å². The van der Waals surface area contributed by atoms with Crippen LogP contribution in [0.3, 0.4) is 0 Å². The van der Waals surface area contributed by atoms with Crippen molar-refractivity contribution < 1.29 is 4.92 Å². The van der Waals surface area contributed by atoms with E-state index in [4.69, 9.17) is 0 Å². The van der Waals surface area contributed by atoms with Gasteiger partial charge >= 0.3 is 0 Å². The molecule has 0 N–H and O–H groups in total. The van der Waals surface area contributed by atoms with E-state index in [0.717, 1.165) is 18.4 Å². The summed E-state index contributed by atoms with van der Waals surface area (Å²) in [6.07, 6.45) is 2.01. The molecule has 0 aliphatic carbocycles. The summed E-state index contributed by atoms with van der Waals surface area (Å²) in [6, 6.07) is 7.16. The lowest BCUT2D eigenvalue weighted by atomic mass is 9.83. The molecule has 1 aromatic rings. The molecule has 0 radical (unpaired) electrons. The summed E-state index contributed by atoms with van der Waals surface area (Å²) >= 11 is 0. The smallest absolute Gasteiger partial charge is 0.258 e. The molecule has 100 valence electrons. The van der Waals surface area contributed by atoms with Crippen LogP contribution in [0.25, 0.3) is 0 Å². The van der Waals surface area contributed by atoms with Gasteiger partial charge in [-0.15, -0.1) is 0 Å². The van der Waals surface area contributed by atoms with Crippen molar-refractivity contribution in [2.24, 2.45) is 11.8 Å². The summed E-state index contributed by atoms with van der Waals surface area (Å²) in [4.78, 5) is 10.8. The van der Waals surface area contributed by atoms with Crippen molar-refractivity contribution in [3.63, 3.8) is 0 Å². The first-order valence-corrected chi connectivity index (χ1v) is 6.65. The third-order valence-electron chi connectivity index (χ3n) is 3.09. The molecule has 0 unspecified atom stereocenters. The first-order valence-electron chi connectivity index (χ1n) is 6.65. The molecule has 0 bridgehead atoms. The molecular formula is C15H23NO2. The number of rotatable bonds is 6. The molecular weight excluding hydrogens is 226 g/mol. The van der Waals surface area contributed by atoms with Crippen LogP contribution in [-0.4, -0.2) is 4.92 Å². The van der Waals surface area contributed by atoms with Crippen molar-refractivity contribution in [3.8, 4) is 0 Å². The van der Waals surface area contributed by atoms with Crippen LogP contribution in [0.2, 0.25) is 0 Å². The second-order valence-corrected chi connectivity index (χ2v) is 5.77. The Kier molecular flexibility index (Phi) is 5.32. The van der Waals surface area contributed by atoms with Crippen molar-refractivity contribution in [1.82, 2.24) is 0 Å². The number of para-hydroxylation sites is 1. The molecule has 1 rings (SSSR count). The number of hydrogen-bond donors (Lipinski definition) is 0. The SMILES string of the molecule is CC(C)CC(CC(C)C)c1ccccc1[N+](=O)[O-]. The highest BCUT2D eigenvalue weighted by Crippen LogP contribution is 2.35. The first-order chi connectivity index (χ1) is 8.41. The molecule has 0 heterocycles. The summed E-state index contributed by atoms with van der Waals surface area (Å²) in [5, 5.41) is 11.1. The fourth-order valence-corrected chi connectivity index (χ4v) is 2.49. The molecule has 0 aliphatic heterocycles. The van der Waals surface area contributed by atoms with Crippen LogP contribution in [0.15, 0.2) is 24.3 Å². The van der Waals surface area contributed by atoms with Gasteiger partial charge in [-0.1, -0.05) is 45.9 Å². The minimum Gasteiger partial charge on any atom is -0.258 e. The van der Waals surface area contributed by atoms with Crippen LogP contribution in [0, 0.1) is 22.0 Å². The van der Waals surface area contributed by atoms with Crippen LogP contribution in [-0.2, 0) is 0 Å². The summed E-state index contributed by atoms with van der Waals surface area (Å²) in [7, 11) is 0.